The number of ketones is 1. The van der Waals surface area contributed by atoms with Gasteiger partial charge in [0.1, 0.15) is 11.5 Å². The van der Waals surface area contributed by atoms with E-state index in [4.69, 9.17) is 14.2 Å². The monoisotopic (exact) mass is 326 g/mol. The molecule has 0 bridgehead atoms. The van der Waals surface area contributed by atoms with Crippen LogP contribution in [0.4, 0.5) is 0 Å². The summed E-state index contributed by atoms with van der Waals surface area (Å²) in [7, 11) is 0. The van der Waals surface area contributed by atoms with Crippen molar-refractivity contribution in [1.29, 1.82) is 0 Å². The van der Waals surface area contributed by atoms with Crippen LogP contribution in [-0.4, -0.2) is 23.8 Å². The van der Waals surface area contributed by atoms with Gasteiger partial charge >= 0.3 is 0 Å². The van der Waals surface area contributed by atoms with Gasteiger partial charge in [-0.2, -0.15) is 0 Å². The molecular formula is C19H18O5. The Morgan fingerprint density at radius 1 is 1.17 bits per heavy atom. The van der Waals surface area contributed by atoms with Crippen LogP contribution >= 0.6 is 0 Å². The molecule has 0 aliphatic carbocycles. The summed E-state index contributed by atoms with van der Waals surface area (Å²) in [6.07, 6.45) is 3.06. The summed E-state index contributed by atoms with van der Waals surface area (Å²) in [5.41, 5.74) is 1.01. The summed E-state index contributed by atoms with van der Waals surface area (Å²) < 4.78 is 16.1. The zero-order valence-electron chi connectivity index (χ0n) is 13.5. The highest BCUT2D eigenvalue weighted by atomic mass is 16.7. The van der Waals surface area contributed by atoms with Crippen molar-refractivity contribution in [2.45, 2.75) is 20.0 Å². The quantitative estimate of drug-likeness (QED) is 0.669. The average Bonchev–Trinajstić information content (AvgIpc) is 3.01. The highest BCUT2D eigenvalue weighted by Gasteiger charge is 2.13. The summed E-state index contributed by atoms with van der Waals surface area (Å²) in [4.78, 5) is 12.4. The van der Waals surface area contributed by atoms with Crippen LogP contribution in [-0.2, 0) is 0 Å². The lowest BCUT2D eigenvalue weighted by molar-refractivity contribution is 0.104. The molecule has 0 unspecified atom stereocenters. The number of rotatable bonds is 5. The molecule has 0 saturated carbocycles. The van der Waals surface area contributed by atoms with E-state index in [-0.39, 0.29) is 30.0 Å². The minimum Gasteiger partial charge on any atom is -0.507 e. The molecule has 2 aromatic carbocycles. The number of hydrogen-bond donors (Lipinski definition) is 1. The summed E-state index contributed by atoms with van der Waals surface area (Å²) >= 11 is 0. The number of phenolic OH excluding ortho intramolecular Hbond substituents is 1. The number of carbonyl (C=O) groups is 1. The Labute approximate surface area is 140 Å². The molecule has 1 aliphatic heterocycles. The fourth-order valence-corrected chi connectivity index (χ4v) is 2.34. The highest BCUT2D eigenvalue weighted by molar-refractivity contribution is 6.08. The first kappa shape index (κ1) is 15.9. The van der Waals surface area contributed by atoms with Gasteiger partial charge in [0.15, 0.2) is 17.3 Å². The number of fused-ring (bicyclic) bond motifs is 1. The number of phenols is 1. The van der Waals surface area contributed by atoms with E-state index < -0.39 is 0 Å². The molecule has 0 radical (unpaired) electrons. The van der Waals surface area contributed by atoms with Gasteiger partial charge in [0.2, 0.25) is 6.79 Å². The van der Waals surface area contributed by atoms with Crippen LogP contribution in [0.2, 0.25) is 0 Å². The molecule has 24 heavy (non-hydrogen) atoms. The lowest BCUT2D eigenvalue weighted by atomic mass is 10.1. The molecule has 5 nitrogen and oxygen atoms in total. The summed E-state index contributed by atoms with van der Waals surface area (Å²) in [6, 6.07) is 10.1. The van der Waals surface area contributed by atoms with Gasteiger partial charge in [-0.05, 0) is 55.8 Å². The molecule has 0 amide bonds. The van der Waals surface area contributed by atoms with Crippen molar-refractivity contribution in [3.8, 4) is 23.0 Å². The Balaban J connectivity index is 1.79. The van der Waals surface area contributed by atoms with E-state index in [9.17, 15) is 9.90 Å². The van der Waals surface area contributed by atoms with Gasteiger partial charge in [0.05, 0.1) is 11.7 Å². The Kier molecular flexibility index (Phi) is 4.42. The first-order valence-electron chi connectivity index (χ1n) is 7.64. The van der Waals surface area contributed by atoms with Crippen LogP contribution in [0.3, 0.4) is 0 Å². The molecule has 3 rings (SSSR count). The predicted molar refractivity (Wildman–Crippen MR) is 89.8 cm³/mol. The molecule has 0 fully saturated rings. The second-order valence-corrected chi connectivity index (χ2v) is 5.66. The molecule has 1 aliphatic rings. The molecule has 2 aromatic rings. The maximum atomic E-state index is 12.4. The normalized spacial score (nSPS) is 12.8. The number of carbonyl (C=O) groups excluding carboxylic acids is 1. The number of allylic oxidation sites excluding steroid dienone is 1. The van der Waals surface area contributed by atoms with E-state index in [1.54, 1.807) is 30.3 Å². The van der Waals surface area contributed by atoms with Gasteiger partial charge in [0, 0.05) is 0 Å². The van der Waals surface area contributed by atoms with E-state index in [0.29, 0.717) is 17.2 Å². The second kappa shape index (κ2) is 6.66. The fraction of sp³-hybridized carbons (Fsp3) is 0.211. The maximum absolute atomic E-state index is 12.4. The van der Waals surface area contributed by atoms with Gasteiger partial charge in [-0.15, -0.1) is 0 Å². The fourth-order valence-electron chi connectivity index (χ4n) is 2.34. The van der Waals surface area contributed by atoms with Gasteiger partial charge in [-0.3, -0.25) is 4.79 Å². The molecular weight excluding hydrogens is 308 g/mol. The molecule has 1 heterocycles. The number of aromatic hydroxyl groups is 1. The minimum absolute atomic E-state index is 0.0123. The Morgan fingerprint density at radius 3 is 2.75 bits per heavy atom. The third-order valence-corrected chi connectivity index (χ3v) is 3.43. The Morgan fingerprint density at radius 2 is 1.96 bits per heavy atom. The maximum Gasteiger partial charge on any atom is 0.231 e. The molecule has 124 valence electrons. The van der Waals surface area contributed by atoms with E-state index in [0.717, 1.165) is 5.56 Å². The minimum atomic E-state index is -0.306. The lowest BCUT2D eigenvalue weighted by Crippen LogP contribution is -2.06. The van der Waals surface area contributed by atoms with Crippen molar-refractivity contribution >= 4 is 11.9 Å². The Hall–Kier alpha value is -2.95. The molecule has 0 atom stereocenters. The summed E-state index contributed by atoms with van der Waals surface area (Å²) in [5, 5.41) is 9.92. The number of ether oxygens (including phenoxy) is 3. The van der Waals surface area contributed by atoms with Crippen LogP contribution in [0, 0.1) is 0 Å². The zero-order chi connectivity index (χ0) is 17.1. The SMILES string of the molecule is CC(C)Oc1ccc(O)c(C(=O)/C=C/c2ccc3c(c2)OCO3)c1. The van der Waals surface area contributed by atoms with E-state index in [2.05, 4.69) is 0 Å². The van der Waals surface area contributed by atoms with Crippen molar-refractivity contribution in [3.05, 3.63) is 53.6 Å². The van der Waals surface area contributed by atoms with Crippen LogP contribution in [0.25, 0.3) is 6.08 Å². The number of benzene rings is 2. The molecule has 0 saturated heterocycles. The van der Waals surface area contributed by atoms with Gasteiger partial charge in [-0.1, -0.05) is 12.1 Å². The third kappa shape index (κ3) is 3.51. The van der Waals surface area contributed by atoms with Crippen LogP contribution in [0.15, 0.2) is 42.5 Å². The third-order valence-electron chi connectivity index (χ3n) is 3.43. The first-order chi connectivity index (χ1) is 11.5. The van der Waals surface area contributed by atoms with E-state index in [1.807, 2.05) is 19.9 Å². The van der Waals surface area contributed by atoms with Gasteiger partial charge < -0.3 is 19.3 Å². The first-order valence-corrected chi connectivity index (χ1v) is 7.64. The second-order valence-electron chi connectivity index (χ2n) is 5.66. The standard InChI is InChI=1S/C19H18O5/c1-12(2)24-14-5-7-17(21)15(10-14)16(20)6-3-13-4-8-18-19(9-13)23-11-22-18/h3-10,12,21H,11H2,1-2H3/b6-3+. The number of hydrogen-bond acceptors (Lipinski definition) is 5. The van der Waals surface area contributed by atoms with Crippen LogP contribution in [0.5, 0.6) is 23.0 Å². The molecule has 5 heteroatoms. The van der Waals surface area contributed by atoms with Gasteiger partial charge in [0.25, 0.3) is 0 Å². The summed E-state index contributed by atoms with van der Waals surface area (Å²) in [6.45, 7) is 4.00. The Bertz CT molecular complexity index is 792. The van der Waals surface area contributed by atoms with Crippen molar-refractivity contribution in [2.24, 2.45) is 0 Å². The van der Waals surface area contributed by atoms with Gasteiger partial charge in [-0.25, -0.2) is 0 Å². The van der Waals surface area contributed by atoms with Crippen molar-refractivity contribution in [3.63, 3.8) is 0 Å². The van der Waals surface area contributed by atoms with Crippen molar-refractivity contribution < 1.29 is 24.1 Å². The van der Waals surface area contributed by atoms with E-state index in [1.165, 1.54) is 12.1 Å². The molecule has 0 spiro atoms. The predicted octanol–water partition coefficient (Wildman–Crippen LogP) is 3.80. The highest BCUT2D eigenvalue weighted by Crippen LogP contribution is 2.33. The lowest BCUT2D eigenvalue weighted by Gasteiger charge is -2.11. The average molecular weight is 326 g/mol. The summed E-state index contributed by atoms with van der Waals surface area (Å²) in [5.74, 6) is 1.50. The zero-order valence-corrected chi connectivity index (χ0v) is 13.5. The molecule has 1 N–H and O–H groups in total. The van der Waals surface area contributed by atoms with Crippen molar-refractivity contribution in [2.75, 3.05) is 6.79 Å². The van der Waals surface area contributed by atoms with Crippen molar-refractivity contribution in [1.82, 2.24) is 0 Å². The van der Waals surface area contributed by atoms with Crippen LogP contribution in [0.1, 0.15) is 29.8 Å². The molecule has 0 aromatic heterocycles. The van der Waals surface area contributed by atoms with E-state index >= 15 is 0 Å². The van der Waals surface area contributed by atoms with Crippen LogP contribution < -0.4 is 14.2 Å². The topological polar surface area (TPSA) is 65.0 Å². The smallest absolute Gasteiger partial charge is 0.231 e. The largest absolute Gasteiger partial charge is 0.507 e.